The van der Waals surface area contributed by atoms with Gasteiger partial charge >= 0.3 is 6.18 Å². The molecule has 1 unspecified atom stereocenters. The van der Waals surface area contributed by atoms with Gasteiger partial charge in [-0.05, 0) is 30.9 Å². The number of carbonyl (C=O) groups excluding carboxylic acids is 2. The van der Waals surface area contributed by atoms with Crippen LogP contribution in [-0.2, 0) is 11.0 Å². The number of halogens is 4. The summed E-state index contributed by atoms with van der Waals surface area (Å²) in [4.78, 5) is 24.1. The molecule has 1 atom stereocenters. The van der Waals surface area contributed by atoms with Gasteiger partial charge in [0, 0.05) is 12.6 Å². The third-order valence-corrected chi connectivity index (χ3v) is 4.71. The summed E-state index contributed by atoms with van der Waals surface area (Å²) in [5.41, 5.74) is 4.21. The Kier molecular flexibility index (Phi) is 9.05. The van der Waals surface area contributed by atoms with Gasteiger partial charge in [-0.1, -0.05) is 31.4 Å². The van der Waals surface area contributed by atoms with Gasteiger partial charge in [0.25, 0.3) is 5.91 Å². The molecule has 1 aromatic carbocycles. The van der Waals surface area contributed by atoms with Crippen molar-refractivity contribution in [3.63, 3.8) is 0 Å². The van der Waals surface area contributed by atoms with Crippen LogP contribution < -0.4 is 16.4 Å². The van der Waals surface area contributed by atoms with Crippen LogP contribution in [0.15, 0.2) is 24.3 Å². The van der Waals surface area contributed by atoms with Crippen molar-refractivity contribution in [2.24, 2.45) is 11.7 Å². The third-order valence-electron chi connectivity index (χ3n) is 4.71. The monoisotopic (exact) mass is 407 g/mol. The maximum absolute atomic E-state index is 13.0. The van der Waals surface area contributed by atoms with Crippen molar-refractivity contribution in [1.82, 2.24) is 10.6 Å². The van der Waals surface area contributed by atoms with E-state index in [1.807, 2.05) is 0 Å². The SMILES string of the molecule is Cl.NCC(NC(=O)CNC(=O)c1ccccc1C(F)(F)F)C1CCCCC1. The molecule has 0 saturated heterocycles. The van der Waals surface area contributed by atoms with Crippen LogP contribution in [0.25, 0.3) is 0 Å². The standard InChI is InChI=1S/C18H24F3N3O2.ClH/c19-18(20,21)14-9-5-4-8-13(14)17(26)23-11-16(25)24-15(10-22)12-6-2-1-3-7-12;/h4-5,8-9,12,15H,1-3,6-7,10-11,22H2,(H,23,26)(H,24,25);1H. The first kappa shape index (κ1) is 23.2. The fourth-order valence-electron chi connectivity index (χ4n) is 3.35. The van der Waals surface area contributed by atoms with E-state index in [0.717, 1.165) is 37.8 Å². The van der Waals surface area contributed by atoms with Gasteiger partial charge in [-0.2, -0.15) is 13.2 Å². The van der Waals surface area contributed by atoms with Crippen LogP contribution in [0.5, 0.6) is 0 Å². The molecule has 2 rings (SSSR count). The van der Waals surface area contributed by atoms with Gasteiger partial charge in [0.2, 0.25) is 5.91 Å². The van der Waals surface area contributed by atoms with E-state index in [9.17, 15) is 22.8 Å². The topological polar surface area (TPSA) is 84.2 Å². The zero-order valence-corrected chi connectivity index (χ0v) is 15.7. The van der Waals surface area contributed by atoms with E-state index in [-0.39, 0.29) is 18.4 Å². The smallest absolute Gasteiger partial charge is 0.350 e. The summed E-state index contributed by atoms with van der Waals surface area (Å²) in [7, 11) is 0. The summed E-state index contributed by atoms with van der Waals surface area (Å²) in [6.45, 7) is -0.102. The first-order valence-corrected chi connectivity index (χ1v) is 8.76. The van der Waals surface area contributed by atoms with Crippen LogP contribution in [0.2, 0.25) is 0 Å². The molecule has 0 heterocycles. The maximum Gasteiger partial charge on any atom is 0.417 e. The molecule has 152 valence electrons. The highest BCUT2D eigenvalue weighted by Gasteiger charge is 2.34. The lowest BCUT2D eigenvalue weighted by atomic mass is 9.84. The van der Waals surface area contributed by atoms with Crippen molar-refractivity contribution in [2.45, 2.75) is 44.3 Å². The molecule has 5 nitrogen and oxygen atoms in total. The number of nitrogens with one attached hydrogen (secondary N) is 2. The van der Waals surface area contributed by atoms with Crippen molar-refractivity contribution < 1.29 is 22.8 Å². The number of amides is 2. The number of rotatable bonds is 6. The molecule has 0 spiro atoms. The minimum absolute atomic E-state index is 0. The Labute approximate surface area is 162 Å². The Balaban J connectivity index is 0.00000364. The number of carbonyl (C=O) groups is 2. The van der Waals surface area contributed by atoms with Crippen LogP contribution in [-0.4, -0.2) is 30.9 Å². The van der Waals surface area contributed by atoms with Gasteiger partial charge in [-0.3, -0.25) is 9.59 Å². The van der Waals surface area contributed by atoms with Gasteiger partial charge in [0.1, 0.15) is 0 Å². The van der Waals surface area contributed by atoms with Crippen molar-refractivity contribution in [3.8, 4) is 0 Å². The first-order valence-electron chi connectivity index (χ1n) is 8.76. The van der Waals surface area contributed by atoms with Gasteiger partial charge in [-0.15, -0.1) is 12.4 Å². The molecule has 1 aromatic rings. The molecule has 0 bridgehead atoms. The van der Waals surface area contributed by atoms with Crippen molar-refractivity contribution >= 4 is 24.2 Å². The molecule has 2 amide bonds. The van der Waals surface area contributed by atoms with Gasteiger partial charge in [0.15, 0.2) is 0 Å². The van der Waals surface area contributed by atoms with Crippen LogP contribution in [0.4, 0.5) is 13.2 Å². The average Bonchev–Trinajstić information content (AvgIpc) is 2.64. The highest BCUT2D eigenvalue weighted by molar-refractivity contribution is 5.97. The second kappa shape index (κ2) is 10.5. The molecule has 1 saturated carbocycles. The summed E-state index contributed by atoms with van der Waals surface area (Å²) in [5.74, 6) is -1.08. The number of hydrogen-bond acceptors (Lipinski definition) is 3. The van der Waals surface area contributed by atoms with Crippen molar-refractivity contribution in [1.29, 1.82) is 0 Å². The molecular weight excluding hydrogens is 383 g/mol. The van der Waals surface area contributed by atoms with Crippen LogP contribution >= 0.6 is 12.4 Å². The van der Waals surface area contributed by atoms with Crippen LogP contribution in [0.1, 0.15) is 48.0 Å². The minimum atomic E-state index is -4.64. The molecule has 0 radical (unpaired) electrons. The predicted molar refractivity (Wildman–Crippen MR) is 98.6 cm³/mol. The Hall–Kier alpha value is -1.80. The van der Waals surface area contributed by atoms with E-state index < -0.39 is 35.7 Å². The van der Waals surface area contributed by atoms with Crippen molar-refractivity contribution in [2.75, 3.05) is 13.1 Å². The largest absolute Gasteiger partial charge is 0.417 e. The van der Waals surface area contributed by atoms with Crippen molar-refractivity contribution in [3.05, 3.63) is 35.4 Å². The zero-order valence-electron chi connectivity index (χ0n) is 14.8. The summed E-state index contributed by atoms with van der Waals surface area (Å²) in [5, 5.41) is 5.04. The molecule has 9 heteroatoms. The van der Waals surface area contributed by atoms with Crippen LogP contribution in [0.3, 0.4) is 0 Å². The summed E-state index contributed by atoms with van der Waals surface area (Å²) in [6.07, 6.45) is 0.725. The number of benzene rings is 1. The highest BCUT2D eigenvalue weighted by atomic mass is 35.5. The van der Waals surface area contributed by atoms with E-state index in [1.165, 1.54) is 18.6 Å². The van der Waals surface area contributed by atoms with Gasteiger partial charge in [-0.25, -0.2) is 0 Å². The van der Waals surface area contributed by atoms with E-state index in [2.05, 4.69) is 10.6 Å². The van der Waals surface area contributed by atoms with Crippen LogP contribution in [0, 0.1) is 5.92 Å². The first-order chi connectivity index (χ1) is 12.3. The number of alkyl halides is 3. The van der Waals surface area contributed by atoms with E-state index in [1.54, 1.807) is 0 Å². The second-order valence-electron chi connectivity index (χ2n) is 6.53. The van der Waals surface area contributed by atoms with Gasteiger partial charge in [0.05, 0.1) is 17.7 Å². The number of hydrogen-bond donors (Lipinski definition) is 3. The molecule has 1 aliphatic rings. The molecular formula is C18H25ClF3N3O2. The lowest BCUT2D eigenvalue weighted by Crippen LogP contribution is -2.49. The highest BCUT2D eigenvalue weighted by Crippen LogP contribution is 2.31. The lowest BCUT2D eigenvalue weighted by Gasteiger charge is -2.30. The molecule has 0 aromatic heterocycles. The third kappa shape index (κ3) is 6.70. The van der Waals surface area contributed by atoms with E-state index in [0.29, 0.717) is 12.5 Å². The Morgan fingerprint density at radius 1 is 1.15 bits per heavy atom. The lowest BCUT2D eigenvalue weighted by molar-refractivity contribution is -0.137. The number of nitrogens with two attached hydrogens (primary N) is 1. The molecule has 0 aliphatic heterocycles. The average molecular weight is 408 g/mol. The van der Waals surface area contributed by atoms with E-state index in [4.69, 9.17) is 5.73 Å². The van der Waals surface area contributed by atoms with E-state index >= 15 is 0 Å². The predicted octanol–water partition coefficient (Wildman–Crippen LogP) is 2.88. The second-order valence-corrected chi connectivity index (χ2v) is 6.53. The molecule has 4 N–H and O–H groups in total. The van der Waals surface area contributed by atoms with Gasteiger partial charge < -0.3 is 16.4 Å². The minimum Gasteiger partial charge on any atom is -0.350 e. The molecule has 1 aliphatic carbocycles. The molecule has 27 heavy (non-hydrogen) atoms. The fraction of sp³-hybridized carbons (Fsp3) is 0.556. The molecule has 1 fully saturated rings. The quantitative estimate of drug-likeness (QED) is 0.678. The summed E-state index contributed by atoms with van der Waals surface area (Å²) < 4.78 is 38.9. The Morgan fingerprint density at radius 3 is 2.37 bits per heavy atom. The Bertz CT molecular complexity index is 635. The summed E-state index contributed by atoms with van der Waals surface area (Å²) in [6, 6.07) is 4.30. The zero-order chi connectivity index (χ0) is 19.2. The maximum atomic E-state index is 13.0. The fourth-order valence-corrected chi connectivity index (χ4v) is 3.35. The Morgan fingerprint density at radius 2 is 1.78 bits per heavy atom. The normalized spacial score (nSPS) is 16.1. The summed E-state index contributed by atoms with van der Waals surface area (Å²) >= 11 is 0.